The molecule has 1 heterocycles. The number of rotatable bonds is 8. The van der Waals surface area contributed by atoms with E-state index in [2.05, 4.69) is 102 Å². The zero-order valence-electron chi connectivity index (χ0n) is 20.2. The highest BCUT2D eigenvalue weighted by Crippen LogP contribution is 2.25. The molecule has 0 bridgehead atoms. The molecule has 5 rings (SSSR count). The summed E-state index contributed by atoms with van der Waals surface area (Å²) >= 11 is 0. The van der Waals surface area contributed by atoms with Gasteiger partial charge in [0.2, 0.25) is 0 Å². The van der Waals surface area contributed by atoms with Crippen molar-refractivity contribution in [3.63, 3.8) is 0 Å². The molecule has 0 aliphatic rings. The third kappa shape index (κ3) is 5.44. The largest absolute Gasteiger partial charge is 0.381 e. The quantitative estimate of drug-likeness (QED) is 0.262. The third-order valence-corrected chi connectivity index (χ3v) is 6.43. The fourth-order valence-corrected chi connectivity index (χ4v) is 4.62. The molecule has 1 aromatic heterocycles. The summed E-state index contributed by atoms with van der Waals surface area (Å²) in [5, 5.41) is 4.66. The molecule has 5 aromatic rings. The average Bonchev–Trinajstić information content (AvgIpc) is 3.19. The predicted molar refractivity (Wildman–Crippen MR) is 144 cm³/mol. The Labute approximate surface area is 206 Å². The summed E-state index contributed by atoms with van der Waals surface area (Å²) < 4.78 is 15.4. The summed E-state index contributed by atoms with van der Waals surface area (Å²) in [6.07, 6.45) is 2.23. The first kappa shape index (κ1) is 22.9. The van der Waals surface area contributed by atoms with Crippen LogP contribution in [-0.2, 0) is 26.7 Å². The second-order valence-electron chi connectivity index (χ2n) is 9.21. The summed E-state index contributed by atoms with van der Waals surface area (Å²) in [6, 6.07) is 32.4. The Morgan fingerprint density at radius 1 is 0.771 bits per heavy atom. The molecule has 0 atom stereocenters. The minimum Gasteiger partial charge on any atom is -0.381 e. The molecule has 0 saturated heterocycles. The summed E-state index contributed by atoms with van der Waals surface area (Å²) in [5.41, 5.74) is 8.45. The van der Waals surface area contributed by atoms with Crippen LogP contribution >= 0.6 is 0 Å². The molecule has 0 spiro atoms. The standard InChI is InChI=1S/C31H30FN3/c1-34(20-23-8-11-26(12-9-23)25-6-4-3-5-7-25)21-27-22-35(2)31-17-10-24(18-30(27)31)19-33-29-15-13-28(32)14-16-29/h3-18,22,33H,19-21H2,1-2H3. The fraction of sp³-hybridized carbons (Fsp3) is 0.161. The lowest BCUT2D eigenvalue weighted by Gasteiger charge is -2.17. The lowest BCUT2D eigenvalue weighted by atomic mass is 10.0. The minimum atomic E-state index is -0.220. The third-order valence-electron chi connectivity index (χ3n) is 6.43. The van der Waals surface area contributed by atoms with E-state index in [4.69, 9.17) is 0 Å². The van der Waals surface area contributed by atoms with Crippen LogP contribution < -0.4 is 5.32 Å². The van der Waals surface area contributed by atoms with Crippen LogP contribution in [0.2, 0.25) is 0 Å². The predicted octanol–water partition coefficient (Wildman–Crippen LogP) is 7.23. The molecule has 4 heteroatoms. The van der Waals surface area contributed by atoms with Gasteiger partial charge in [-0.3, -0.25) is 4.90 Å². The van der Waals surface area contributed by atoms with Gasteiger partial charge in [0.05, 0.1) is 0 Å². The van der Waals surface area contributed by atoms with Crippen molar-refractivity contribution in [3.05, 3.63) is 126 Å². The lowest BCUT2D eigenvalue weighted by molar-refractivity contribution is 0.320. The minimum absolute atomic E-state index is 0.220. The van der Waals surface area contributed by atoms with Crippen molar-refractivity contribution in [2.45, 2.75) is 19.6 Å². The maximum Gasteiger partial charge on any atom is 0.123 e. The van der Waals surface area contributed by atoms with Crippen LogP contribution in [0.5, 0.6) is 0 Å². The van der Waals surface area contributed by atoms with Crippen LogP contribution in [0.15, 0.2) is 103 Å². The number of anilines is 1. The lowest BCUT2D eigenvalue weighted by Crippen LogP contribution is -2.17. The summed E-state index contributed by atoms with van der Waals surface area (Å²) in [4.78, 5) is 2.36. The molecule has 1 N–H and O–H groups in total. The fourth-order valence-electron chi connectivity index (χ4n) is 4.62. The molecular weight excluding hydrogens is 433 g/mol. The number of nitrogens with zero attached hydrogens (tertiary/aromatic N) is 2. The number of aromatic nitrogens is 1. The van der Waals surface area contributed by atoms with Gasteiger partial charge in [-0.05, 0) is 71.3 Å². The van der Waals surface area contributed by atoms with Crippen molar-refractivity contribution in [2.75, 3.05) is 12.4 Å². The number of aryl methyl sites for hydroxylation is 1. The Morgan fingerprint density at radius 2 is 1.46 bits per heavy atom. The maximum absolute atomic E-state index is 13.2. The van der Waals surface area contributed by atoms with E-state index in [0.29, 0.717) is 6.54 Å². The smallest absolute Gasteiger partial charge is 0.123 e. The number of hydrogen-bond donors (Lipinski definition) is 1. The molecular formula is C31H30FN3. The topological polar surface area (TPSA) is 20.2 Å². The Morgan fingerprint density at radius 3 is 2.20 bits per heavy atom. The zero-order chi connectivity index (χ0) is 24.2. The van der Waals surface area contributed by atoms with Crippen LogP contribution in [0, 0.1) is 5.82 Å². The molecule has 0 amide bonds. The van der Waals surface area contributed by atoms with Crippen molar-refractivity contribution >= 4 is 16.6 Å². The van der Waals surface area contributed by atoms with E-state index in [1.165, 1.54) is 50.9 Å². The highest BCUT2D eigenvalue weighted by molar-refractivity contribution is 5.84. The van der Waals surface area contributed by atoms with E-state index in [1.807, 2.05) is 6.07 Å². The number of hydrogen-bond acceptors (Lipinski definition) is 2. The van der Waals surface area contributed by atoms with Crippen LogP contribution in [0.4, 0.5) is 10.1 Å². The van der Waals surface area contributed by atoms with Crippen molar-refractivity contribution < 1.29 is 4.39 Å². The second kappa shape index (κ2) is 10.2. The molecule has 0 unspecified atom stereocenters. The molecule has 0 radical (unpaired) electrons. The highest BCUT2D eigenvalue weighted by Gasteiger charge is 2.11. The van der Waals surface area contributed by atoms with E-state index in [1.54, 1.807) is 12.1 Å². The number of benzene rings is 4. The Hall–Kier alpha value is -3.89. The van der Waals surface area contributed by atoms with E-state index in [0.717, 1.165) is 18.8 Å². The van der Waals surface area contributed by atoms with Gasteiger partial charge >= 0.3 is 0 Å². The van der Waals surface area contributed by atoms with E-state index in [9.17, 15) is 4.39 Å². The van der Waals surface area contributed by atoms with Gasteiger partial charge in [0.15, 0.2) is 0 Å². The molecule has 176 valence electrons. The molecule has 0 aliphatic heterocycles. The van der Waals surface area contributed by atoms with Crippen molar-refractivity contribution in [1.29, 1.82) is 0 Å². The first-order chi connectivity index (χ1) is 17.0. The van der Waals surface area contributed by atoms with Crippen LogP contribution in [0.25, 0.3) is 22.0 Å². The number of fused-ring (bicyclic) bond motifs is 1. The van der Waals surface area contributed by atoms with Crippen molar-refractivity contribution in [2.24, 2.45) is 7.05 Å². The summed E-state index contributed by atoms with van der Waals surface area (Å²) in [6.45, 7) is 2.45. The van der Waals surface area contributed by atoms with Crippen LogP contribution in [-0.4, -0.2) is 16.5 Å². The van der Waals surface area contributed by atoms with Gasteiger partial charge in [-0.1, -0.05) is 60.7 Å². The second-order valence-corrected chi connectivity index (χ2v) is 9.21. The van der Waals surface area contributed by atoms with Gasteiger partial charge in [-0.25, -0.2) is 4.39 Å². The molecule has 0 aliphatic carbocycles. The van der Waals surface area contributed by atoms with Crippen LogP contribution in [0.3, 0.4) is 0 Å². The molecule has 0 saturated carbocycles. The normalized spacial score (nSPS) is 11.3. The molecule has 0 fully saturated rings. The van der Waals surface area contributed by atoms with E-state index < -0.39 is 0 Å². The van der Waals surface area contributed by atoms with Gasteiger partial charge in [0, 0.05) is 49.5 Å². The first-order valence-electron chi connectivity index (χ1n) is 11.9. The van der Waals surface area contributed by atoms with Gasteiger partial charge in [-0.2, -0.15) is 0 Å². The Balaban J connectivity index is 1.27. The SMILES string of the molecule is CN(Cc1ccc(-c2ccccc2)cc1)Cc1cn(C)c2ccc(CNc3ccc(F)cc3)cc12. The molecule has 35 heavy (non-hydrogen) atoms. The van der Waals surface area contributed by atoms with E-state index >= 15 is 0 Å². The van der Waals surface area contributed by atoms with Gasteiger partial charge in [0.25, 0.3) is 0 Å². The molecule has 3 nitrogen and oxygen atoms in total. The van der Waals surface area contributed by atoms with E-state index in [-0.39, 0.29) is 5.82 Å². The monoisotopic (exact) mass is 463 g/mol. The van der Waals surface area contributed by atoms with Crippen molar-refractivity contribution in [3.8, 4) is 11.1 Å². The number of nitrogens with one attached hydrogen (secondary N) is 1. The van der Waals surface area contributed by atoms with Crippen molar-refractivity contribution in [1.82, 2.24) is 9.47 Å². The zero-order valence-corrected chi connectivity index (χ0v) is 20.2. The average molecular weight is 464 g/mol. The highest BCUT2D eigenvalue weighted by atomic mass is 19.1. The van der Waals surface area contributed by atoms with Gasteiger partial charge in [0.1, 0.15) is 5.82 Å². The summed E-state index contributed by atoms with van der Waals surface area (Å²) in [7, 11) is 4.27. The Bertz CT molecular complexity index is 1400. The van der Waals surface area contributed by atoms with Gasteiger partial charge in [-0.15, -0.1) is 0 Å². The first-order valence-corrected chi connectivity index (χ1v) is 11.9. The number of halogens is 1. The van der Waals surface area contributed by atoms with Gasteiger partial charge < -0.3 is 9.88 Å². The maximum atomic E-state index is 13.2. The summed E-state index contributed by atoms with van der Waals surface area (Å²) in [5.74, 6) is -0.220. The molecule has 4 aromatic carbocycles. The van der Waals surface area contributed by atoms with Crippen LogP contribution in [0.1, 0.15) is 16.7 Å². The Kier molecular flexibility index (Phi) is 6.64.